The summed E-state index contributed by atoms with van der Waals surface area (Å²) < 4.78 is 0. The summed E-state index contributed by atoms with van der Waals surface area (Å²) in [6.45, 7) is 0.532. The van der Waals surface area contributed by atoms with E-state index < -0.39 is 0 Å². The van der Waals surface area contributed by atoms with Crippen molar-refractivity contribution < 1.29 is 9.59 Å². The lowest BCUT2D eigenvalue weighted by atomic mass is 10.2. The Kier molecular flexibility index (Phi) is 5.47. The molecule has 0 aliphatic heterocycles. The second kappa shape index (κ2) is 7.33. The van der Waals surface area contributed by atoms with E-state index in [1.54, 1.807) is 11.8 Å². The molecule has 2 amide bonds. The number of amides is 2. The van der Waals surface area contributed by atoms with E-state index in [-0.39, 0.29) is 17.7 Å². The second-order valence-electron chi connectivity index (χ2n) is 4.98. The molecule has 0 saturated heterocycles. The molecule has 2 N–H and O–H groups in total. The summed E-state index contributed by atoms with van der Waals surface area (Å²) >= 11 is 1.67. The normalized spacial score (nSPS) is 13.8. The third kappa shape index (κ3) is 4.89. The molecule has 0 radical (unpaired) electrons. The average Bonchev–Trinajstić information content (AvgIpc) is 3.29. The molecule has 20 heavy (non-hydrogen) atoms. The minimum Gasteiger partial charge on any atom is -0.352 e. The first kappa shape index (κ1) is 14.9. The Bertz CT molecular complexity index is 469. The van der Waals surface area contributed by atoms with Crippen LogP contribution in [0, 0.1) is 5.92 Å². The van der Waals surface area contributed by atoms with E-state index in [2.05, 4.69) is 10.6 Å². The molecule has 0 atom stereocenters. The molecule has 0 spiro atoms. The van der Waals surface area contributed by atoms with Crippen LogP contribution in [0.5, 0.6) is 0 Å². The molecule has 4 nitrogen and oxygen atoms in total. The molecule has 1 aromatic carbocycles. The molecule has 0 aromatic heterocycles. The van der Waals surface area contributed by atoms with Gasteiger partial charge in [-0.1, -0.05) is 12.1 Å². The van der Waals surface area contributed by atoms with Gasteiger partial charge in [0.05, 0.1) is 0 Å². The highest BCUT2D eigenvalue weighted by Gasteiger charge is 2.29. The minimum atomic E-state index is 0.0745. The van der Waals surface area contributed by atoms with Gasteiger partial charge in [-0.3, -0.25) is 9.59 Å². The highest BCUT2D eigenvalue weighted by Crippen LogP contribution is 2.30. The van der Waals surface area contributed by atoms with Gasteiger partial charge in [0.1, 0.15) is 0 Å². The van der Waals surface area contributed by atoms with Crippen molar-refractivity contribution in [1.29, 1.82) is 0 Å². The molecule has 0 bridgehead atoms. The maximum atomic E-state index is 11.6. The fourth-order valence-corrected chi connectivity index (χ4v) is 2.17. The monoisotopic (exact) mass is 292 g/mol. The number of carbonyl (C=O) groups is 2. The summed E-state index contributed by atoms with van der Waals surface area (Å²) in [4.78, 5) is 23.1. The lowest BCUT2D eigenvalue weighted by Crippen LogP contribution is -2.23. The van der Waals surface area contributed by atoms with Crippen molar-refractivity contribution >= 4 is 29.3 Å². The Morgan fingerprint density at radius 2 is 1.95 bits per heavy atom. The summed E-state index contributed by atoms with van der Waals surface area (Å²) in [5.74, 6) is 1.25. The first-order valence-electron chi connectivity index (χ1n) is 6.84. The molecule has 1 aliphatic carbocycles. The number of anilines is 1. The largest absolute Gasteiger partial charge is 0.352 e. The number of thioether (sulfide) groups is 1. The standard InChI is InChI=1S/C15H20N2O2S/c1-20-9-8-14(18)16-10-11-2-6-13(7-3-11)17-15(19)12-4-5-12/h2-3,6-7,12H,4-5,8-10H2,1H3,(H,16,18)(H,17,19). The van der Waals surface area contributed by atoms with Crippen LogP contribution >= 0.6 is 11.8 Å². The average molecular weight is 292 g/mol. The molecule has 1 aliphatic rings. The van der Waals surface area contributed by atoms with Crippen LogP contribution in [0.3, 0.4) is 0 Å². The van der Waals surface area contributed by atoms with Gasteiger partial charge in [-0.25, -0.2) is 0 Å². The van der Waals surface area contributed by atoms with E-state index in [0.717, 1.165) is 29.8 Å². The third-order valence-electron chi connectivity index (χ3n) is 3.19. The van der Waals surface area contributed by atoms with Gasteiger partial charge in [0.15, 0.2) is 0 Å². The molecule has 108 valence electrons. The van der Waals surface area contributed by atoms with Gasteiger partial charge in [0.25, 0.3) is 0 Å². The Morgan fingerprint density at radius 1 is 1.25 bits per heavy atom. The molecular formula is C15H20N2O2S. The molecule has 1 aromatic rings. The zero-order chi connectivity index (χ0) is 14.4. The van der Waals surface area contributed by atoms with Gasteiger partial charge in [-0.05, 0) is 36.8 Å². The van der Waals surface area contributed by atoms with Gasteiger partial charge >= 0.3 is 0 Å². The van der Waals surface area contributed by atoms with Crippen LogP contribution in [0.2, 0.25) is 0 Å². The molecule has 0 unspecified atom stereocenters. The lowest BCUT2D eigenvalue weighted by Gasteiger charge is -2.07. The van der Waals surface area contributed by atoms with Crippen LogP contribution in [0.15, 0.2) is 24.3 Å². The van der Waals surface area contributed by atoms with E-state index in [4.69, 9.17) is 0 Å². The second-order valence-corrected chi connectivity index (χ2v) is 5.97. The molecule has 0 heterocycles. The highest BCUT2D eigenvalue weighted by molar-refractivity contribution is 7.98. The number of rotatable bonds is 7. The highest BCUT2D eigenvalue weighted by atomic mass is 32.2. The SMILES string of the molecule is CSCCC(=O)NCc1ccc(NC(=O)C2CC2)cc1. The number of carbonyl (C=O) groups excluding carboxylic acids is 2. The van der Waals surface area contributed by atoms with E-state index in [1.165, 1.54) is 0 Å². The van der Waals surface area contributed by atoms with Crippen LogP contribution in [-0.2, 0) is 16.1 Å². The van der Waals surface area contributed by atoms with E-state index in [0.29, 0.717) is 13.0 Å². The summed E-state index contributed by atoms with van der Waals surface area (Å²) in [5.41, 5.74) is 1.85. The van der Waals surface area contributed by atoms with Gasteiger partial charge in [-0.15, -0.1) is 0 Å². The molecular weight excluding hydrogens is 272 g/mol. The fourth-order valence-electron chi connectivity index (χ4n) is 1.78. The van der Waals surface area contributed by atoms with Crippen molar-refractivity contribution in [3.8, 4) is 0 Å². The number of hydrogen-bond donors (Lipinski definition) is 2. The van der Waals surface area contributed by atoms with Gasteiger partial charge < -0.3 is 10.6 Å². The molecule has 2 rings (SSSR count). The van der Waals surface area contributed by atoms with Crippen LogP contribution in [0.4, 0.5) is 5.69 Å². The van der Waals surface area contributed by atoms with Crippen molar-refractivity contribution in [3.63, 3.8) is 0 Å². The predicted octanol–water partition coefficient (Wildman–Crippen LogP) is 2.40. The summed E-state index contributed by atoms with van der Waals surface area (Å²) in [6.07, 6.45) is 4.55. The third-order valence-corrected chi connectivity index (χ3v) is 3.80. The quantitative estimate of drug-likeness (QED) is 0.811. The van der Waals surface area contributed by atoms with E-state index in [9.17, 15) is 9.59 Å². The topological polar surface area (TPSA) is 58.2 Å². The predicted molar refractivity (Wildman–Crippen MR) is 82.6 cm³/mol. The maximum absolute atomic E-state index is 11.6. The number of benzene rings is 1. The van der Waals surface area contributed by atoms with Crippen molar-refractivity contribution in [2.45, 2.75) is 25.8 Å². The Balaban J connectivity index is 1.76. The molecule has 1 saturated carbocycles. The van der Waals surface area contributed by atoms with Gasteiger partial charge in [-0.2, -0.15) is 11.8 Å². The lowest BCUT2D eigenvalue weighted by molar-refractivity contribution is -0.121. The van der Waals surface area contributed by atoms with Crippen molar-refractivity contribution in [3.05, 3.63) is 29.8 Å². The Morgan fingerprint density at radius 3 is 2.55 bits per heavy atom. The molecule has 5 heteroatoms. The molecule has 1 fully saturated rings. The zero-order valence-electron chi connectivity index (χ0n) is 11.6. The minimum absolute atomic E-state index is 0.0745. The summed E-state index contributed by atoms with van der Waals surface area (Å²) in [7, 11) is 0. The maximum Gasteiger partial charge on any atom is 0.227 e. The zero-order valence-corrected chi connectivity index (χ0v) is 12.5. The number of nitrogens with one attached hydrogen (secondary N) is 2. The Labute approximate surface area is 123 Å². The first-order chi connectivity index (χ1) is 9.69. The van der Waals surface area contributed by atoms with E-state index in [1.807, 2.05) is 30.5 Å². The number of hydrogen-bond acceptors (Lipinski definition) is 3. The fraction of sp³-hybridized carbons (Fsp3) is 0.467. The van der Waals surface area contributed by atoms with Crippen molar-refractivity contribution in [2.24, 2.45) is 5.92 Å². The van der Waals surface area contributed by atoms with Crippen molar-refractivity contribution in [2.75, 3.05) is 17.3 Å². The van der Waals surface area contributed by atoms with Crippen molar-refractivity contribution in [1.82, 2.24) is 5.32 Å². The van der Waals surface area contributed by atoms with Crippen LogP contribution in [-0.4, -0.2) is 23.8 Å². The summed E-state index contributed by atoms with van der Waals surface area (Å²) in [5, 5.41) is 5.78. The Hall–Kier alpha value is -1.49. The first-order valence-corrected chi connectivity index (χ1v) is 8.24. The van der Waals surface area contributed by atoms with Gasteiger partial charge in [0.2, 0.25) is 11.8 Å². The summed E-state index contributed by atoms with van der Waals surface area (Å²) in [6, 6.07) is 7.61. The van der Waals surface area contributed by atoms with Crippen LogP contribution in [0.1, 0.15) is 24.8 Å². The smallest absolute Gasteiger partial charge is 0.227 e. The van der Waals surface area contributed by atoms with Crippen LogP contribution < -0.4 is 10.6 Å². The van der Waals surface area contributed by atoms with Gasteiger partial charge in [0, 0.05) is 30.3 Å². The van der Waals surface area contributed by atoms with E-state index >= 15 is 0 Å². The van der Waals surface area contributed by atoms with Crippen LogP contribution in [0.25, 0.3) is 0 Å².